The molecule has 0 radical (unpaired) electrons. The Bertz CT molecular complexity index is 915. The van der Waals surface area contributed by atoms with Crippen molar-refractivity contribution in [1.82, 2.24) is 19.8 Å². The van der Waals surface area contributed by atoms with E-state index in [9.17, 15) is 4.79 Å². The number of pyridine rings is 1. The number of likely N-dealkylation sites (N-methyl/N-ethyl adjacent to an activating group) is 1. The zero-order chi connectivity index (χ0) is 20.2. The Morgan fingerprint density at radius 1 is 1.07 bits per heavy atom. The highest BCUT2D eigenvalue weighted by Gasteiger charge is 2.32. The minimum absolute atomic E-state index is 0.200. The van der Waals surface area contributed by atoms with E-state index in [2.05, 4.69) is 40.8 Å². The quantitative estimate of drug-likeness (QED) is 0.624. The molecule has 1 aliphatic rings. The molecular formula is C22H27N5OS. The fourth-order valence-electron chi connectivity index (χ4n) is 3.92. The van der Waals surface area contributed by atoms with E-state index in [0.29, 0.717) is 13.1 Å². The predicted octanol–water partition coefficient (Wildman–Crippen LogP) is 3.42. The van der Waals surface area contributed by atoms with Gasteiger partial charge in [-0.2, -0.15) is 0 Å². The number of hydrogen-bond donors (Lipinski definition) is 0. The molecule has 1 aliphatic heterocycles. The van der Waals surface area contributed by atoms with Crippen molar-refractivity contribution in [3.63, 3.8) is 0 Å². The van der Waals surface area contributed by atoms with Crippen LogP contribution in [0, 0.1) is 0 Å². The van der Waals surface area contributed by atoms with E-state index in [0.717, 1.165) is 47.2 Å². The van der Waals surface area contributed by atoms with Gasteiger partial charge in [0.2, 0.25) is 5.91 Å². The SMILES string of the molecule is CCN(CC)C(C(=O)N1CCN(c2nc3cccnc3s2)CC1)c1ccccc1. The topological polar surface area (TPSA) is 52.6 Å². The lowest BCUT2D eigenvalue weighted by molar-refractivity contribution is -0.137. The molecule has 1 unspecified atom stereocenters. The van der Waals surface area contributed by atoms with Crippen molar-refractivity contribution in [2.45, 2.75) is 19.9 Å². The zero-order valence-corrected chi connectivity index (χ0v) is 17.8. The first-order valence-electron chi connectivity index (χ1n) is 10.3. The normalized spacial score (nSPS) is 15.8. The molecule has 1 saturated heterocycles. The Balaban J connectivity index is 1.48. The van der Waals surface area contributed by atoms with Crippen molar-refractivity contribution in [2.24, 2.45) is 0 Å². The van der Waals surface area contributed by atoms with Crippen molar-refractivity contribution in [1.29, 1.82) is 0 Å². The van der Waals surface area contributed by atoms with Crippen molar-refractivity contribution in [3.05, 3.63) is 54.2 Å². The number of benzene rings is 1. The lowest BCUT2D eigenvalue weighted by Crippen LogP contribution is -2.52. The van der Waals surface area contributed by atoms with Crippen molar-refractivity contribution in [2.75, 3.05) is 44.2 Å². The Morgan fingerprint density at radius 3 is 2.45 bits per heavy atom. The van der Waals surface area contributed by atoms with E-state index in [-0.39, 0.29) is 11.9 Å². The molecule has 0 N–H and O–H groups in total. The van der Waals surface area contributed by atoms with Crippen LogP contribution in [0.2, 0.25) is 0 Å². The lowest BCUT2D eigenvalue weighted by atomic mass is 10.0. The Morgan fingerprint density at radius 2 is 1.79 bits per heavy atom. The molecule has 1 aromatic carbocycles. The van der Waals surface area contributed by atoms with Crippen LogP contribution in [0.1, 0.15) is 25.5 Å². The second-order valence-corrected chi connectivity index (χ2v) is 8.13. The number of piperazine rings is 1. The number of aromatic nitrogens is 2. The molecule has 3 heterocycles. The van der Waals surface area contributed by atoms with Crippen molar-refractivity contribution < 1.29 is 4.79 Å². The Labute approximate surface area is 175 Å². The maximum Gasteiger partial charge on any atom is 0.244 e. The molecule has 2 aromatic heterocycles. The van der Waals surface area contributed by atoms with E-state index in [4.69, 9.17) is 4.98 Å². The third-order valence-electron chi connectivity index (χ3n) is 5.54. The van der Waals surface area contributed by atoms with Gasteiger partial charge >= 0.3 is 0 Å². The molecule has 152 valence electrons. The van der Waals surface area contributed by atoms with Gasteiger partial charge in [-0.05, 0) is 30.8 Å². The van der Waals surface area contributed by atoms with Crippen LogP contribution in [0.4, 0.5) is 5.13 Å². The first-order chi connectivity index (χ1) is 14.2. The van der Waals surface area contributed by atoms with Crippen molar-refractivity contribution in [3.8, 4) is 0 Å². The number of fused-ring (bicyclic) bond motifs is 1. The first kappa shape index (κ1) is 19.8. The minimum Gasteiger partial charge on any atom is -0.344 e. The van der Waals surface area contributed by atoms with Crippen LogP contribution in [-0.2, 0) is 4.79 Å². The van der Waals surface area contributed by atoms with Crippen LogP contribution < -0.4 is 4.90 Å². The number of hydrogen-bond acceptors (Lipinski definition) is 6. The Kier molecular flexibility index (Phi) is 6.06. The minimum atomic E-state index is -0.218. The highest BCUT2D eigenvalue weighted by molar-refractivity contribution is 7.21. The standard InChI is InChI=1S/C22H27N5OS/c1-3-25(4-2)19(17-9-6-5-7-10-17)21(28)26-13-15-27(16-14-26)22-24-18-11-8-12-23-20(18)29-22/h5-12,19H,3-4,13-16H2,1-2H3. The highest BCUT2D eigenvalue weighted by atomic mass is 32.1. The molecule has 1 amide bonds. The summed E-state index contributed by atoms with van der Waals surface area (Å²) >= 11 is 1.62. The van der Waals surface area contributed by atoms with Crippen LogP contribution in [0.25, 0.3) is 10.3 Å². The number of thiazole rings is 1. The number of rotatable bonds is 6. The van der Waals surface area contributed by atoms with E-state index < -0.39 is 0 Å². The van der Waals surface area contributed by atoms with Gasteiger partial charge < -0.3 is 9.80 Å². The first-order valence-corrected chi connectivity index (χ1v) is 11.1. The third kappa shape index (κ3) is 4.11. The molecule has 1 atom stereocenters. The maximum atomic E-state index is 13.5. The number of amides is 1. The van der Waals surface area contributed by atoms with E-state index >= 15 is 0 Å². The average Bonchev–Trinajstić information content (AvgIpc) is 3.22. The third-order valence-corrected chi connectivity index (χ3v) is 6.58. The molecule has 0 saturated carbocycles. The summed E-state index contributed by atoms with van der Waals surface area (Å²) in [6, 6.07) is 13.8. The van der Waals surface area contributed by atoms with Crippen LogP contribution in [0.15, 0.2) is 48.7 Å². The largest absolute Gasteiger partial charge is 0.344 e. The fourth-order valence-corrected chi connectivity index (χ4v) is 4.88. The summed E-state index contributed by atoms with van der Waals surface area (Å²) in [6.07, 6.45) is 1.80. The molecule has 0 aliphatic carbocycles. The molecular weight excluding hydrogens is 382 g/mol. The summed E-state index contributed by atoms with van der Waals surface area (Å²) in [7, 11) is 0. The zero-order valence-electron chi connectivity index (χ0n) is 17.0. The molecule has 7 heteroatoms. The van der Waals surface area contributed by atoms with Crippen LogP contribution >= 0.6 is 11.3 Å². The average molecular weight is 410 g/mol. The second-order valence-electron chi connectivity index (χ2n) is 7.17. The summed E-state index contributed by atoms with van der Waals surface area (Å²) in [4.78, 5) is 30.1. The number of nitrogens with zero attached hydrogens (tertiary/aromatic N) is 5. The van der Waals surface area contributed by atoms with Crippen molar-refractivity contribution >= 4 is 32.7 Å². The van der Waals surface area contributed by atoms with Gasteiger partial charge in [0.05, 0.1) is 0 Å². The van der Waals surface area contributed by atoms with Gasteiger partial charge in [-0.3, -0.25) is 9.69 Å². The predicted molar refractivity (Wildman–Crippen MR) is 118 cm³/mol. The van der Waals surface area contributed by atoms with Crippen LogP contribution in [0.5, 0.6) is 0 Å². The van der Waals surface area contributed by atoms with Gasteiger partial charge in [-0.1, -0.05) is 55.5 Å². The van der Waals surface area contributed by atoms with Gasteiger partial charge in [0, 0.05) is 32.4 Å². The summed E-state index contributed by atoms with van der Waals surface area (Å²) in [6.45, 7) is 8.95. The van der Waals surface area contributed by atoms with E-state index in [1.165, 1.54) is 0 Å². The smallest absolute Gasteiger partial charge is 0.244 e. The van der Waals surface area contributed by atoms with E-state index in [1.807, 2.05) is 35.2 Å². The van der Waals surface area contributed by atoms with E-state index in [1.54, 1.807) is 17.5 Å². The summed E-state index contributed by atoms with van der Waals surface area (Å²) in [5.74, 6) is 0.200. The van der Waals surface area contributed by atoms with Gasteiger partial charge in [0.25, 0.3) is 0 Å². The Hall–Kier alpha value is -2.51. The van der Waals surface area contributed by atoms with Gasteiger partial charge in [0.15, 0.2) is 5.13 Å². The summed E-state index contributed by atoms with van der Waals surface area (Å²) in [5, 5.41) is 0.995. The fraction of sp³-hybridized carbons (Fsp3) is 0.409. The molecule has 6 nitrogen and oxygen atoms in total. The molecule has 4 rings (SSSR count). The number of carbonyl (C=O) groups excluding carboxylic acids is 1. The molecule has 0 bridgehead atoms. The molecule has 1 fully saturated rings. The molecule has 29 heavy (non-hydrogen) atoms. The molecule has 3 aromatic rings. The number of carbonyl (C=O) groups is 1. The lowest BCUT2D eigenvalue weighted by Gasteiger charge is -2.38. The van der Waals surface area contributed by atoms with Gasteiger partial charge in [0.1, 0.15) is 16.4 Å². The highest BCUT2D eigenvalue weighted by Crippen LogP contribution is 2.29. The van der Waals surface area contributed by atoms with Gasteiger partial charge in [-0.15, -0.1) is 0 Å². The van der Waals surface area contributed by atoms with Crippen LogP contribution in [-0.4, -0.2) is 64.9 Å². The maximum absolute atomic E-state index is 13.5. The summed E-state index contributed by atoms with van der Waals surface area (Å²) in [5.41, 5.74) is 2.01. The summed E-state index contributed by atoms with van der Waals surface area (Å²) < 4.78 is 0. The van der Waals surface area contributed by atoms with Gasteiger partial charge in [-0.25, -0.2) is 9.97 Å². The second kappa shape index (κ2) is 8.88. The number of anilines is 1. The van der Waals surface area contributed by atoms with Crippen LogP contribution in [0.3, 0.4) is 0 Å². The monoisotopic (exact) mass is 409 g/mol. The molecule has 0 spiro atoms.